The van der Waals surface area contributed by atoms with Crippen LogP contribution in [-0.2, 0) is 0 Å². The third kappa shape index (κ3) is 3.37. The van der Waals surface area contributed by atoms with E-state index in [2.05, 4.69) is 132 Å². The summed E-state index contributed by atoms with van der Waals surface area (Å²) in [7, 11) is 0. The molecule has 5 heterocycles. The number of hydrogen-bond acceptors (Lipinski definition) is 4. The van der Waals surface area contributed by atoms with Gasteiger partial charge in [-0.2, -0.15) is 0 Å². The highest BCUT2D eigenvalue weighted by molar-refractivity contribution is 7.26. The number of rotatable bonds is 2. The fraction of sp³-hybridized carbons (Fsp3) is 0. The third-order valence-corrected chi connectivity index (χ3v) is 11.5. The molecule has 0 radical (unpaired) electrons. The van der Waals surface area contributed by atoms with E-state index in [1.54, 1.807) is 11.3 Å². The number of fused-ring (bicyclic) bond motifs is 12. The molecule has 5 aromatic heterocycles. The lowest BCUT2D eigenvalue weighted by Crippen LogP contribution is -1.94. The largest absolute Gasteiger partial charge is 0.456 e. The van der Waals surface area contributed by atoms with Crippen LogP contribution >= 0.6 is 11.3 Å². The number of furan rings is 1. The molecule has 49 heavy (non-hydrogen) atoms. The Bertz CT molecular complexity index is 3330. The van der Waals surface area contributed by atoms with E-state index in [0.717, 1.165) is 60.2 Å². The van der Waals surface area contributed by atoms with Crippen LogP contribution in [-0.4, -0.2) is 14.4 Å². The number of thiophene rings is 1. The summed E-state index contributed by atoms with van der Waals surface area (Å²) in [5, 5.41) is 10.9. The van der Waals surface area contributed by atoms with Gasteiger partial charge in [-0.05, 0) is 65.4 Å². The Morgan fingerprint density at radius 2 is 1.27 bits per heavy atom. The monoisotopic (exact) mass is 641 g/mol. The Hall–Kier alpha value is -6.30. The van der Waals surface area contributed by atoms with Crippen molar-refractivity contribution in [3.05, 3.63) is 140 Å². The predicted molar refractivity (Wildman–Crippen MR) is 205 cm³/mol. The van der Waals surface area contributed by atoms with Crippen LogP contribution in [0.15, 0.2) is 144 Å². The van der Waals surface area contributed by atoms with E-state index in [-0.39, 0.29) is 0 Å². The van der Waals surface area contributed by atoms with Crippen molar-refractivity contribution in [1.29, 1.82) is 0 Å². The van der Waals surface area contributed by atoms with Crippen LogP contribution in [0.3, 0.4) is 0 Å². The van der Waals surface area contributed by atoms with Crippen molar-refractivity contribution in [2.24, 2.45) is 0 Å². The van der Waals surface area contributed by atoms with E-state index < -0.39 is 0 Å². The molecule has 0 fully saturated rings. The van der Waals surface area contributed by atoms with Crippen molar-refractivity contribution >= 4 is 102 Å². The van der Waals surface area contributed by atoms with Crippen LogP contribution in [0, 0.1) is 0 Å². The first-order valence-electron chi connectivity index (χ1n) is 16.5. The molecule has 7 aromatic carbocycles. The lowest BCUT2D eigenvalue weighted by atomic mass is 9.98. The highest BCUT2D eigenvalue weighted by Gasteiger charge is 2.21. The van der Waals surface area contributed by atoms with Crippen LogP contribution < -0.4 is 0 Å². The molecule has 0 aliphatic rings. The SMILES string of the molecule is c1ccc2c(c1)oc1ccc(-c3nc(-c4ccc5c(c4)c4ccc6cccc7c8ccccc8n5c4c67)nc4c3sc3ccccc34)cc12. The molecule has 0 unspecified atom stereocenters. The van der Waals surface area contributed by atoms with Gasteiger partial charge in [0.1, 0.15) is 11.2 Å². The number of pyridine rings is 1. The average Bonchev–Trinajstić information content (AvgIpc) is 3.83. The van der Waals surface area contributed by atoms with Crippen LogP contribution in [0.5, 0.6) is 0 Å². The van der Waals surface area contributed by atoms with E-state index in [1.165, 1.54) is 53.6 Å². The standard InChI is InChI=1S/C44H23N3OS/c1-4-13-34-27(9-1)29-12-7-8-24-16-19-30-32-23-26(17-20-35(32)47(34)42(30)39(24)29)44-45-40(43-41(46-44)31-11-3-6-15-38(31)49-43)25-18-21-37-33(22-25)28-10-2-5-14-36(28)48-37/h1-23H. The fourth-order valence-corrected chi connectivity index (χ4v) is 9.33. The van der Waals surface area contributed by atoms with Crippen molar-refractivity contribution in [3.63, 3.8) is 0 Å². The van der Waals surface area contributed by atoms with E-state index >= 15 is 0 Å². The molecule has 0 atom stereocenters. The van der Waals surface area contributed by atoms with Crippen LogP contribution in [0.1, 0.15) is 0 Å². The van der Waals surface area contributed by atoms with Gasteiger partial charge >= 0.3 is 0 Å². The van der Waals surface area contributed by atoms with Gasteiger partial charge in [0.25, 0.3) is 0 Å². The molecule has 0 saturated heterocycles. The molecule has 12 aromatic rings. The molecule has 226 valence electrons. The second-order valence-corrected chi connectivity index (χ2v) is 14.0. The van der Waals surface area contributed by atoms with E-state index in [0.29, 0.717) is 0 Å². The minimum atomic E-state index is 0.725. The van der Waals surface area contributed by atoms with Gasteiger partial charge in [-0.3, -0.25) is 0 Å². The minimum absolute atomic E-state index is 0.725. The zero-order valence-corrected chi connectivity index (χ0v) is 26.8. The predicted octanol–water partition coefficient (Wildman–Crippen LogP) is 12.4. The van der Waals surface area contributed by atoms with Crippen molar-refractivity contribution in [1.82, 2.24) is 14.4 Å². The summed E-state index contributed by atoms with van der Waals surface area (Å²) in [5.41, 5.74) is 9.43. The Labute approximate surface area is 282 Å². The summed E-state index contributed by atoms with van der Waals surface area (Å²) in [6.07, 6.45) is 0. The maximum Gasteiger partial charge on any atom is 0.160 e. The molecule has 0 aliphatic carbocycles. The lowest BCUT2D eigenvalue weighted by Gasteiger charge is -2.12. The maximum atomic E-state index is 6.18. The van der Waals surface area contributed by atoms with Crippen LogP contribution in [0.4, 0.5) is 0 Å². The number of benzene rings is 7. The molecule has 5 heteroatoms. The molecular formula is C44H23N3OS. The van der Waals surface area contributed by atoms with Gasteiger partial charge in [0.15, 0.2) is 5.82 Å². The molecule has 4 nitrogen and oxygen atoms in total. The summed E-state index contributed by atoms with van der Waals surface area (Å²) in [6, 6.07) is 49.9. The van der Waals surface area contributed by atoms with Gasteiger partial charge in [-0.1, -0.05) is 84.9 Å². The smallest absolute Gasteiger partial charge is 0.160 e. The Kier molecular flexibility index (Phi) is 4.83. The van der Waals surface area contributed by atoms with Crippen molar-refractivity contribution < 1.29 is 4.42 Å². The first-order chi connectivity index (χ1) is 24.3. The quantitative estimate of drug-likeness (QED) is 0.139. The van der Waals surface area contributed by atoms with Crippen molar-refractivity contribution in [2.75, 3.05) is 0 Å². The van der Waals surface area contributed by atoms with Gasteiger partial charge < -0.3 is 8.82 Å². The van der Waals surface area contributed by atoms with Crippen LogP contribution in [0.25, 0.3) is 114 Å². The van der Waals surface area contributed by atoms with Gasteiger partial charge in [-0.25, -0.2) is 9.97 Å². The second kappa shape index (κ2) is 9.19. The average molecular weight is 642 g/mol. The zero-order valence-electron chi connectivity index (χ0n) is 25.9. The van der Waals surface area contributed by atoms with E-state index in [1.807, 2.05) is 12.1 Å². The topological polar surface area (TPSA) is 43.3 Å². The third-order valence-electron chi connectivity index (χ3n) is 10.3. The molecule has 0 aliphatic heterocycles. The van der Waals surface area contributed by atoms with Crippen LogP contribution in [0.2, 0.25) is 0 Å². The lowest BCUT2D eigenvalue weighted by molar-refractivity contribution is 0.669. The molecule has 0 N–H and O–H groups in total. The number of aromatic nitrogens is 3. The van der Waals surface area contributed by atoms with Gasteiger partial charge in [-0.15, -0.1) is 11.3 Å². The molecule has 0 spiro atoms. The van der Waals surface area contributed by atoms with Crippen molar-refractivity contribution in [3.8, 4) is 22.6 Å². The summed E-state index contributed by atoms with van der Waals surface area (Å²) in [4.78, 5) is 10.7. The Balaban J connectivity index is 1.16. The number of hydrogen-bond donors (Lipinski definition) is 0. The first kappa shape index (κ1) is 25.7. The minimum Gasteiger partial charge on any atom is -0.456 e. The normalized spacial score (nSPS) is 12.5. The van der Waals surface area contributed by atoms with Crippen molar-refractivity contribution in [2.45, 2.75) is 0 Å². The van der Waals surface area contributed by atoms with Gasteiger partial charge in [0.05, 0.1) is 32.5 Å². The highest BCUT2D eigenvalue weighted by atomic mass is 32.1. The number of para-hydroxylation sites is 2. The Morgan fingerprint density at radius 1 is 0.510 bits per heavy atom. The summed E-state index contributed by atoms with van der Waals surface area (Å²) >= 11 is 1.76. The molecule has 0 bridgehead atoms. The summed E-state index contributed by atoms with van der Waals surface area (Å²) < 4.78 is 10.9. The fourth-order valence-electron chi connectivity index (χ4n) is 8.18. The van der Waals surface area contributed by atoms with E-state index in [9.17, 15) is 0 Å². The maximum absolute atomic E-state index is 6.18. The van der Waals surface area contributed by atoms with Gasteiger partial charge in [0, 0.05) is 53.5 Å². The molecular weight excluding hydrogens is 619 g/mol. The van der Waals surface area contributed by atoms with Gasteiger partial charge in [0.2, 0.25) is 0 Å². The molecule has 0 saturated carbocycles. The number of nitrogens with zero attached hydrogens (tertiary/aromatic N) is 3. The summed E-state index contributed by atoms with van der Waals surface area (Å²) in [6.45, 7) is 0. The van der Waals surface area contributed by atoms with E-state index in [4.69, 9.17) is 14.4 Å². The molecule has 12 rings (SSSR count). The summed E-state index contributed by atoms with van der Waals surface area (Å²) in [5.74, 6) is 0.725. The first-order valence-corrected chi connectivity index (χ1v) is 17.3. The zero-order chi connectivity index (χ0) is 31.8. The molecule has 0 amide bonds. The Morgan fingerprint density at radius 3 is 2.22 bits per heavy atom. The second-order valence-electron chi connectivity index (χ2n) is 12.9. The highest BCUT2D eigenvalue weighted by Crippen LogP contribution is 2.44.